The molecular weight excluding hydrogens is 435 g/mol. The molecule has 9 heteroatoms. The fourth-order valence-electron chi connectivity index (χ4n) is 3.84. The number of amides is 1. The third-order valence-corrected chi connectivity index (χ3v) is 5.52. The maximum atomic E-state index is 14.8. The van der Waals surface area contributed by atoms with Gasteiger partial charge in [-0.25, -0.2) is 14.1 Å². The molecule has 0 saturated heterocycles. The number of nitrogens with zero attached hydrogens (tertiary/aromatic N) is 5. The van der Waals surface area contributed by atoms with Gasteiger partial charge in [0.05, 0.1) is 24.2 Å². The molecule has 1 N–H and O–H groups in total. The summed E-state index contributed by atoms with van der Waals surface area (Å²) in [5.41, 5.74) is 4.35. The lowest BCUT2D eigenvalue weighted by Gasteiger charge is -2.08. The van der Waals surface area contributed by atoms with Gasteiger partial charge < -0.3 is 10.1 Å². The summed E-state index contributed by atoms with van der Waals surface area (Å²) in [6, 6.07) is 16.2. The SMILES string of the molecule is COCCNC(=O)c1ccc(-c2ccnc3c2nnn3Cc2ccc3ncccc3c2)cc1F. The number of benzene rings is 2. The van der Waals surface area contributed by atoms with E-state index in [1.54, 1.807) is 29.2 Å². The van der Waals surface area contributed by atoms with Gasteiger partial charge in [0.15, 0.2) is 5.65 Å². The van der Waals surface area contributed by atoms with Gasteiger partial charge in [-0.1, -0.05) is 23.4 Å². The number of methoxy groups -OCH3 is 1. The summed E-state index contributed by atoms with van der Waals surface area (Å²) in [5.74, 6) is -1.10. The molecule has 2 aromatic carbocycles. The van der Waals surface area contributed by atoms with E-state index >= 15 is 0 Å². The number of halogens is 1. The molecule has 1 amide bonds. The number of pyridine rings is 2. The van der Waals surface area contributed by atoms with Crippen LogP contribution in [0.3, 0.4) is 0 Å². The number of hydrogen-bond acceptors (Lipinski definition) is 6. The first-order valence-corrected chi connectivity index (χ1v) is 10.7. The molecule has 0 unspecified atom stereocenters. The van der Waals surface area contributed by atoms with E-state index in [9.17, 15) is 9.18 Å². The van der Waals surface area contributed by atoms with Crippen molar-refractivity contribution in [3.63, 3.8) is 0 Å². The van der Waals surface area contributed by atoms with Crippen molar-refractivity contribution in [2.75, 3.05) is 20.3 Å². The molecule has 5 rings (SSSR count). The minimum absolute atomic E-state index is 0.0281. The summed E-state index contributed by atoms with van der Waals surface area (Å²) >= 11 is 0. The fourth-order valence-corrected chi connectivity index (χ4v) is 3.84. The van der Waals surface area contributed by atoms with Gasteiger partial charge in [-0.05, 0) is 47.5 Å². The van der Waals surface area contributed by atoms with E-state index in [4.69, 9.17) is 4.74 Å². The molecule has 0 radical (unpaired) electrons. The largest absolute Gasteiger partial charge is 0.383 e. The maximum Gasteiger partial charge on any atom is 0.254 e. The Balaban J connectivity index is 1.44. The van der Waals surface area contributed by atoms with E-state index in [2.05, 4.69) is 31.7 Å². The molecule has 0 fully saturated rings. The molecule has 0 aliphatic rings. The van der Waals surface area contributed by atoms with Crippen LogP contribution in [0, 0.1) is 5.82 Å². The lowest BCUT2D eigenvalue weighted by molar-refractivity contribution is 0.0933. The summed E-state index contributed by atoms with van der Waals surface area (Å²) in [6.07, 6.45) is 3.41. The molecule has 34 heavy (non-hydrogen) atoms. The van der Waals surface area contributed by atoms with Crippen molar-refractivity contribution in [3.05, 3.63) is 83.9 Å². The monoisotopic (exact) mass is 456 g/mol. The third-order valence-electron chi connectivity index (χ3n) is 5.52. The maximum absolute atomic E-state index is 14.8. The van der Waals surface area contributed by atoms with Gasteiger partial charge >= 0.3 is 0 Å². The molecule has 0 saturated carbocycles. The number of fused-ring (bicyclic) bond motifs is 2. The molecule has 3 heterocycles. The predicted octanol–water partition coefficient (Wildman–Crippen LogP) is 3.61. The zero-order valence-electron chi connectivity index (χ0n) is 18.4. The molecule has 0 bridgehead atoms. The van der Waals surface area contributed by atoms with Crippen LogP contribution >= 0.6 is 0 Å². The second-order valence-electron chi connectivity index (χ2n) is 7.75. The molecule has 5 aromatic rings. The quantitative estimate of drug-likeness (QED) is 0.376. The second-order valence-corrected chi connectivity index (χ2v) is 7.75. The number of carbonyl (C=O) groups excluding carboxylic acids is 1. The first-order chi connectivity index (χ1) is 16.6. The van der Waals surface area contributed by atoms with E-state index in [0.717, 1.165) is 16.5 Å². The van der Waals surface area contributed by atoms with Gasteiger partial charge in [-0.2, -0.15) is 0 Å². The van der Waals surface area contributed by atoms with Gasteiger partial charge in [0.25, 0.3) is 5.91 Å². The van der Waals surface area contributed by atoms with E-state index < -0.39 is 11.7 Å². The highest BCUT2D eigenvalue weighted by Gasteiger charge is 2.16. The van der Waals surface area contributed by atoms with Crippen LogP contribution in [0.25, 0.3) is 33.2 Å². The summed E-state index contributed by atoms with van der Waals surface area (Å²) in [6.45, 7) is 1.14. The highest BCUT2D eigenvalue weighted by Crippen LogP contribution is 2.28. The van der Waals surface area contributed by atoms with Crippen LogP contribution in [0.15, 0.2) is 67.0 Å². The Morgan fingerprint density at radius 1 is 1.09 bits per heavy atom. The van der Waals surface area contributed by atoms with Crippen LogP contribution in [0.1, 0.15) is 15.9 Å². The number of carbonyl (C=O) groups is 1. The van der Waals surface area contributed by atoms with Crippen LogP contribution in [0.4, 0.5) is 4.39 Å². The third kappa shape index (κ3) is 4.20. The summed E-state index contributed by atoms with van der Waals surface area (Å²) in [7, 11) is 1.53. The number of aromatic nitrogens is 5. The normalized spacial score (nSPS) is 11.2. The molecular formula is C25H21FN6O2. The number of rotatable bonds is 7. The van der Waals surface area contributed by atoms with Crippen molar-refractivity contribution >= 4 is 28.0 Å². The van der Waals surface area contributed by atoms with Crippen LogP contribution in [-0.4, -0.2) is 51.1 Å². The van der Waals surface area contributed by atoms with Crippen molar-refractivity contribution in [1.29, 1.82) is 0 Å². The Morgan fingerprint density at radius 2 is 2.00 bits per heavy atom. The Morgan fingerprint density at radius 3 is 2.85 bits per heavy atom. The zero-order valence-corrected chi connectivity index (χ0v) is 18.4. The molecule has 3 aromatic heterocycles. The highest BCUT2D eigenvalue weighted by molar-refractivity contribution is 5.96. The van der Waals surface area contributed by atoms with Crippen LogP contribution < -0.4 is 5.32 Å². The van der Waals surface area contributed by atoms with Gasteiger partial charge in [0, 0.05) is 37.0 Å². The molecule has 0 atom stereocenters. The Kier molecular flexibility index (Phi) is 5.92. The van der Waals surface area contributed by atoms with Gasteiger partial charge in [0.2, 0.25) is 0 Å². The van der Waals surface area contributed by atoms with E-state index in [-0.39, 0.29) is 5.56 Å². The van der Waals surface area contributed by atoms with Crippen LogP contribution in [0.2, 0.25) is 0 Å². The Hall–Kier alpha value is -4.24. The minimum Gasteiger partial charge on any atom is -0.383 e. The van der Waals surface area contributed by atoms with Gasteiger partial charge in [-0.3, -0.25) is 9.78 Å². The fraction of sp³-hybridized carbons (Fsp3) is 0.160. The lowest BCUT2D eigenvalue weighted by Crippen LogP contribution is -2.27. The van der Waals surface area contributed by atoms with Gasteiger partial charge in [0.1, 0.15) is 11.3 Å². The topological polar surface area (TPSA) is 94.8 Å². The summed E-state index contributed by atoms with van der Waals surface area (Å²) < 4.78 is 21.4. The first kappa shape index (κ1) is 21.6. The van der Waals surface area contributed by atoms with Crippen LogP contribution in [-0.2, 0) is 11.3 Å². The summed E-state index contributed by atoms with van der Waals surface area (Å²) in [5, 5.41) is 12.3. The first-order valence-electron chi connectivity index (χ1n) is 10.7. The van der Waals surface area contributed by atoms with E-state index in [1.807, 2.05) is 24.3 Å². The van der Waals surface area contributed by atoms with Crippen molar-refractivity contribution < 1.29 is 13.9 Å². The Labute approximate surface area is 194 Å². The second kappa shape index (κ2) is 9.32. The average Bonchev–Trinajstić information content (AvgIpc) is 3.27. The standard InChI is InChI=1S/C25H21FN6O2/c1-34-12-11-29-25(33)20-6-5-17(14-21(20)26)19-8-10-28-24-23(19)30-31-32(24)15-16-4-7-22-18(13-16)3-2-9-27-22/h2-10,13-14H,11-12,15H2,1H3,(H,29,33). The molecule has 0 aliphatic heterocycles. The van der Waals surface area contributed by atoms with Crippen molar-refractivity contribution in [3.8, 4) is 11.1 Å². The van der Waals surface area contributed by atoms with Gasteiger partial charge in [-0.15, -0.1) is 5.10 Å². The molecule has 170 valence electrons. The Bertz CT molecular complexity index is 1500. The molecule has 0 aliphatic carbocycles. The molecule has 8 nitrogen and oxygen atoms in total. The van der Waals surface area contributed by atoms with E-state index in [1.165, 1.54) is 19.2 Å². The highest BCUT2D eigenvalue weighted by atomic mass is 19.1. The smallest absolute Gasteiger partial charge is 0.254 e. The van der Waals surface area contributed by atoms with Crippen molar-refractivity contribution in [2.24, 2.45) is 0 Å². The number of ether oxygens (including phenoxy) is 1. The van der Waals surface area contributed by atoms with Crippen molar-refractivity contribution in [2.45, 2.75) is 6.54 Å². The molecule has 0 spiro atoms. The van der Waals surface area contributed by atoms with Crippen LogP contribution in [0.5, 0.6) is 0 Å². The van der Waals surface area contributed by atoms with E-state index in [0.29, 0.717) is 42.0 Å². The minimum atomic E-state index is -0.616. The lowest BCUT2D eigenvalue weighted by atomic mass is 10.0. The summed E-state index contributed by atoms with van der Waals surface area (Å²) in [4.78, 5) is 21.0. The number of nitrogens with one attached hydrogen (secondary N) is 1. The predicted molar refractivity (Wildman–Crippen MR) is 126 cm³/mol. The number of hydrogen-bond donors (Lipinski definition) is 1. The van der Waals surface area contributed by atoms with Crippen molar-refractivity contribution in [1.82, 2.24) is 30.3 Å². The zero-order chi connectivity index (χ0) is 23.5. The average molecular weight is 456 g/mol.